The second-order valence-corrected chi connectivity index (χ2v) is 10.5. The van der Waals surface area contributed by atoms with Crippen molar-refractivity contribution in [2.75, 3.05) is 20.2 Å². The lowest BCUT2D eigenvalue weighted by molar-refractivity contribution is -0.151. The third-order valence-corrected chi connectivity index (χ3v) is 6.86. The van der Waals surface area contributed by atoms with E-state index in [1.165, 1.54) is 51.3 Å². The Morgan fingerprint density at radius 1 is 1.12 bits per heavy atom. The van der Waals surface area contributed by atoms with Crippen molar-refractivity contribution in [2.24, 2.45) is 17.3 Å². The molecule has 1 saturated heterocycles. The van der Waals surface area contributed by atoms with Gasteiger partial charge in [-0.1, -0.05) is 40.0 Å². The SMILES string of the molecule is CC(C)(C)C1CCCCC1.COC(=O)C1CN(Cc2cc(C(F)(F)F)c3cc(O)ccc3n2)C1. The van der Waals surface area contributed by atoms with Crippen molar-refractivity contribution in [3.63, 3.8) is 0 Å². The van der Waals surface area contributed by atoms with Gasteiger partial charge in [-0.15, -0.1) is 0 Å². The number of fused-ring (bicyclic) bond motifs is 1. The Bertz CT molecular complexity index is 989. The fraction of sp³-hybridized carbons (Fsp3) is 0.615. The molecule has 2 aliphatic rings. The highest BCUT2D eigenvalue weighted by Crippen LogP contribution is 2.38. The highest BCUT2D eigenvalue weighted by atomic mass is 19.4. The first kappa shape index (κ1) is 26.3. The van der Waals surface area contributed by atoms with Crippen molar-refractivity contribution < 1.29 is 27.8 Å². The first-order chi connectivity index (χ1) is 15.9. The lowest BCUT2D eigenvalue weighted by Gasteiger charge is -2.37. The smallest absolute Gasteiger partial charge is 0.417 e. The van der Waals surface area contributed by atoms with Gasteiger partial charge < -0.3 is 9.84 Å². The largest absolute Gasteiger partial charge is 0.508 e. The molecule has 4 rings (SSSR count). The van der Waals surface area contributed by atoms with Gasteiger partial charge in [-0.3, -0.25) is 14.7 Å². The number of rotatable bonds is 3. The maximum Gasteiger partial charge on any atom is 0.417 e. The summed E-state index contributed by atoms with van der Waals surface area (Å²) in [6.07, 6.45) is 2.83. The number of phenolic OH excluding ortho intramolecular Hbond substituents is 1. The van der Waals surface area contributed by atoms with E-state index >= 15 is 0 Å². The molecule has 1 aliphatic heterocycles. The van der Waals surface area contributed by atoms with Gasteiger partial charge in [-0.2, -0.15) is 13.2 Å². The van der Waals surface area contributed by atoms with Crippen LogP contribution in [0.2, 0.25) is 0 Å². The quantitative estimate of drug-likeness (QED) is 0.532. The molecule has 0 atom stereocenters. The molecule has 1 aromatic heterocycles. The van der Waals surface area contributed by atoms with Gasteiger partial charge in [0.25, 0.3) is 0 Å². The Balaban J connectivity index is 0.000000271. The van der Waals surface area contributed by atoms with Crippen molar-refractivity contribution >= 4 is 16.9 Å². The van der Waals surface area contributed by atoms with E-state index in [-0.39, 0.29) is 40.8 Å². The van der Waals surface area contributed by atoms with E-state index in [2.05, 4.69) is 30.5 Å². The molecule has 1 aromatic carbocycles. The van der Waals surface area contributed by atoms with Crippen LogP contribution in [-0.4, -0.2) is 41.2 Å². The van der Waals surface area contributed by atoms with E-state index in [0.29, 0.717) is 18.5 Å². The summed E-state index contributed by atoms with van der Waals surface area (Å²) in [7, 11) is 1.31. The molecule has 5 nitrogen and oxygen atoms in total. The number of likely N-dealkylation sites (tertiary alicyclic amines) is 1. The fourth-order valence-corrected chi connectivity index (χ4v) is 4.80. The van der Waals surface area contributed by atoms with Gasteiger partial charge in [0.05, 0.1) is 29.8 Å². The number of pyridine rings is 1. The molecule has 1 N–H and O–H groups in total. The second-order valence-electron chi connectivity index (χ2n) is 10.5. The Kier molecular flexibility index (Phi) is 8.11. The molecule has 2 aromatic rings. The van der Waals surface area contributed by atoms with Gasteiger partial charge in [0.2, 0.25) is 0 Å². The zero-order valence-electron chi connectivity index (χ0n) is 20.4. The number of hydrogen-bond donors (Lipinski definition) is 1. The molecular weight excluding hydrogens is 445 g/mol. The summed E-state index contributed by atoms with van der Waals surface area (Å²) in [6.45, 7) is 8.22. The van der Waals surface area contributed by atoms with Crippen LogP contribution in [-0.2, 0) is 22.3 Å². The number of carbonyl (C=O) groups excluding carboxylic acids is 1. The molecule has 34 heavy (non-hydrogen) atoms. The van der Waals surface area contributed by atoms with Gasteiger partial charge in [-0.25, -0.2) is 0 Å². The number of phenols is 1. The number of halogens is 3. The van der Waals surface area contributed by atoms with Crippen LogP contribution < -0.4 is 0 Å². The van der Waals surface area contributed by atoms with Gasteiger partial charge in [0.1, 0.15) is 5.75 Å². The molecule has 1 saturated carbocycles. The molecule has 0 spiro atoms. The van der Waals surface area contributed by atoms with E-state index in [1.54, 1.807) is 0 Å². The predicted octanol–water partition coefficient (Wildman–Crippen LogP) is 6.18. The Hall–Kier alpha value is -2.35. The lowest BCUT2D eigenvalue weighted by atomic mass is 9.72. The van der Waals surface area contributed by atoms with Crippen LogP contribution in [0.3, 0.4) is 0 Å². The van der Waals surface area contributed by atoms with Crippen LogP contribution in [0.15, 0.2) is 24.3 Å². The number of benzene rings is 1. The van der Waals surface area contributed by atoms with Crippen LogP contribution in [0.5, 0.6) is 5.75 Å². The van der Waals surface area contributed by atoms with Gasteiger partial charge in [0.15, 0.2) is 0 Å². The first-order valence-corrected chi connectivity index (χ1v) is 11.9. The maximum absolute atomic E-state index is 13.3. The Morgan fingerprint density at radius 3 is 2.29 bits per heavy atom. The highest BCUT2D eigenvalue weighted by Gasteiger charge is 2.36. The lowest BCUT2D eigenvalue weighted by Crippen LogP contribution is -2.50. The minimum absolute atomic E-state index is 0.137. The van der Waals surface area contributed by atoms with Crippen molar-refractivity contribution in [1.82, 2.24) is 9.88 Å². The summed E-state index contributed by atoms with van der Waals surface area (Å²) in [5.74, 6) is 0.200. The average molecular weight is 481 g/mol. The van der Waals surface area contributed by atoms with E-state index in [9.17, 15) is 23.1 Å². The first-order valence-electron chi connectivity index (χ1n) is 11.9. The third-order valence-electron chi connectivity index (χ3n) is 6.86. The van der Waals surface area contributed by atoms with Crippen LogP contribution in [0.25, 0.3) is 10.9 Å². The molecule has 188 valence electrons. The van der Waals surface area contributed by atoms with Crippen molar-refractivity contribution in [2.45, 2.75) is 65.6 Å². The van der Waals surface area contributed by atoms with Crippen LogP contribution >= 0.6 is 0 Å². The predicted molar refractivity (Wildman–Crippen MR) is 125 cm³/mol. The van der Waals surface area contributed by atoms with E-state index in [1.807, 2.05) is 4.90 Å². The average Bonchev–Trinajstić information content (AvgIpc) is 2.75. The number of carbonyl (C=O) groups is 1. The third kappa shape index (κ3) is 6.62. The summed E-state index contributed by atoms with van der Waals surface area (Å²) < 4.78 is 44.5. The second kappa shape index (κ2) is 10.5. The number of ether oxygens (including phenoxy) is 1. The molecular formula is C26H35F3N2O3. The number of hydrogen-bond acceptors (Lipinski definition) is 5. The fourth-order valence-electron chi connectivity index (χ4n) is 4.80. The summed E-state index contributed by atoms with van der Waals surface area (Å²) in [5.41, 5.74) is 0.176. The monoisotopic (exact) mass is 480 g/mol. The molecule has 8 heteroatoms. The molecule has 2 heterocycles. The molecule has 0 bridgehead atoms. The van der Waals surface area contributed by atoms with Crippen LogP contribution in [0, 0.1) is 17.3 Å². The number of esters is 1. The molecule has 0 unspecified atom stereocenters. The minimum Gasteiger partial charge on any atom is -0.508 e. The van der Waals surface area contributed by atoms with Gasteiger partial charge in [-0.05, 0) is 48.4 Å². The molecule has 1 aliphatic carbocycles. The number of methoxy groups -OCH3 is 1. The molecule has 0 amide bonds. The Labute approximate surface area is 199 Å². The van der Waals surface area contributed by atoms with Crippen LogP contribution in [0.4, 0.5) is 13.2 Å². The number of aromatic hydroxyl groups is 1. The van der Waals surface area contributed by atoms with Crippen molar-refractivity contribution in [1.29, 1.82) is 0 Å². The summed E-state index contributed by atoms with van der Waals surface area (Å²) in [4.78, 5) is 17.4. The van der Waals surface area contributed by atoms with E-state index < -0.39 is 11.7 Å². The van der Waals surface area contributed by atoms with Gasteiger partial charge >= 0.3 is 12.1 Å². The number of aromatic nitrogens is 1. The van der Waals surface area contributed by atoms with E-state index in [0.717, 1.165) is 18.1 Å². The highest BCUT2D eigenvalue weighted by molar-refractivity contribution is 5.84. The van der Waals surface area contributed by atoms with Crippen molar-refractivity contribution in [3.8, 4) is 5.75 Å². The zero-order chi connectivity index (χ0) is 25.1. The minimum atomic E-state index is -4.55. The summed E-state index contributed by atoms with van der Waals surface area (Å²) in [5, 5.41) is 9.30. The number of alkyl halides is 3. The standard InChI is InChI=1S/C16H15F3N2O3.C10H20/c1-24-15(23)9-6-21(7-9)8-10-4-13(16(17,18)19)12-5-11(22)2-3-14(12)20-10;1-10(2,3)9-7-5-4-6-8-9/h2-5,9,22H,6-8H2,1H3;9H,4-8H2,1-3H3. The topological polar surface area (TPSA) is 62.7 Å². The van der Waals surface area contributed by atoms with Crippen LogP contribution in [0.1, 0.15) is 64.1 Å². The maximum atomic E-state index is 13.3. The molecule has 0 radical (unpaired) electrons. The molecule has 2 fully saturated rings. The normalized spacial score (nSPS) is 18.2. The van der Waals surface area contributed by atoms with Gasteiger partial charge in [0, 0.05) is 25.0 Å². The number of nitrogens with zero attached hydrogens (tertiary/aromatic N) is 2. The van der Waals surface area contributed by atoms with E-state index in [4.69, 9.17) is 0 Å². The summed E-state index contributed by atoms with van der Waals surface area (Å²) >= 11 is 0. The van der Waals surface area contributed by atoms with Crippen molar-refractivity contribution in [3.05, 3.63) is 35.5 Å². The Morgan fingerprint density at radius 2 is 1.76 bits per heavy atom. The zero-order valence-corrected chi connectivity index (χ0v) is 20.4. The summed E-state index contributed by atoms with van der Waals surface area (Å²) in [6, 6.07) is 4.71.